The number of aromatic nitrogens is 3. The van der Waals surface area contributed by atoms with E-state index in [2.05, 4.69) is 10.2 Å². The Morgan fingerprint density at radius 1 is 1.18 bits per heavy atom. The maximum atomic E-state index is 12.7. The van der Waals surface area contributed by atoms with Crippen molar-refractivity contribution in [3.63, 3.8) is 0 Å². The van der Waals surface area contributed by atoms with Crippen LogP contribution in [0.5, 0.6) is 0 Å². The Balaban J connectivity index is 2.23. The SMILES string of the molecule is CC[C@@H](NS(=O)(=O)c1ccc(-n2nccn2)cc1)C(F)(F)F. The lowest BCUT2D eigenvalue weighted by atomic mass is 10.2. The van der Waals surface area contributed by atoms with Crippen LogP contribution < -0.4 is 4.72 Å². The van der Waals surface area contributed by atoms with Gasteiger partial charge in [0.05, 0.1) is 23.0 Å². The molecular weight excluding hydrogens is 321 g/mol. The third-order valence-corrected chi connectivity index (χ3v) is 4.39. The topological polar surface area (TPSA) is 76.9 Å². The molecule has 0 spiro atoms. The molecule has 0 fully saturated rings. The van der Waals surface area contributed by atoms with Crippen molar-refractivity contribution in [2.45, 2.75) is 30.5 Å². The standard InChI is InChI=1S/C12H13F3N4O2S/c1-2-11(12(13,14)15)18-22(20,21)10-5-3-9(4-6-10)19-16-7-8-17-19/h3-8,11,18H,2H2,1H3/t11-/m1/s1. The number of benzene rings is 1. The summed E-state index contributed by atoms with van der Waals surface area (Å²) in [6.07, 6.45) is -2.14. The van der Waals surface area contributed by atoms with Crippen molar-refractivity contribution in [1.82, 2.24) is 19.7 Å². The summed E-state index contributed by atoms with van der Waals surface area (Å²) in [5, 5.41) is 7.73. The van der Waals surface area contributed by atoms with Crippen LogP contribution in [-0.2, 0) is 10.0 Å². The highest BCUT2D eigenvalue weighted by atomic mass is 32.2. The predicted molar refractivity (Wildman–Crippen MR) is 71.8 cm³/mol. The van der Waals surface area contributed by atoms with Crippen LogP contribution in [0.15, 0.2) is 41.6 Å². The van der Waals surface area contributed by atoms with E-state index >= 15 is 0 Å². The summed E-state index contributed by atoms with van der Waals surface area (Å²) in [7, 11) is -4.26. The molecule has 1 atom stereocenters. The van der Waals surface area contributed by atoms with Crippen LogP contribution in [0, 0.1) is 0 Å². The molecule has 1 N–H and O–H groups in total. The second-order valence-corrected chi connectivity index (χ2v) is 6.15. The fourth-order valence-corrected chi connectivity index (χ4v) is 3.05. The highest BCUT2D eigenvalue weighted by Gasteiger charge is 2.40. The summed E-state index contributed by atoms with van der Waals surface area (Å²) in [5.41, 5.74) is 0.492. The van der Waals surface area contributed by atoms with E-state index in [0.29, 0.717) is 5.69 Å². The highest BCUT2D eigenvalue weighted by Crippen LogP contribution is 2.24. The fourth-order valence-electron chi connectivity index (χ4n) is 1.74. The van der Waals surface area contributed by atoms with Gasteiger partial charge < -0.3 is 0 Å². The second kappa shape index (κ2) is 6.05. The van der Waals surface area contributed by atoms with Crippen LogP contribution in [0.2, 0.25) is 0 Å². The van der Waals surface area contributed by atoms with E-state index < -0.39 is 28.7 Å². The van der Waals surface area contributed by atoms with Crippen LogP contribution in [0.25, 0.3) is 5.69 Å². The van der Waals surface area contributed by atoms with Crippen LogP contribution >= 0.6 is 0 Å². The van der Waals surface area contributed by atoms with Gasteiger partial charge in [-0.05, 0) is 30.7 Å². The summed E-state index contributed by atoms with van der Waals surface area (Å²) in [4.78, 5) is 1.00. The zero-order valence-corrected chi connectivity index (χ0v) is 12.3. The van der Waals surface area contributed by atoms with Gasteiger partial charge in [-0.1, -0.05) is 6.92 Å². The summed E-state index contributed by atoms with van der Waals surface area (Å²) in [6, 6.07) is 3.09. The first-order chi connectivity index (χ1) is 10.2. The van der Waals surface area contributed by atoms with Crippen molar-refractivity contribution in [3.8, 4) is 5.69 Å². The van der Waals surface area contributed by atoms with Gasteiger partial charge in [0.15, 0.2) is 0 Å². The van der Waals surface area contributed by atoms with Crippen molar-refractivity contribution in [1.29, 1.82) is 0 Å². The molecule has 1 aromatic heterocycles. The Kier molecular flexibility index (Phi) is 4.52. The molecule has 0 saturated carbocycles. The number of sulfonamides is 1. The molecule has 6 nitrogen and oxygen atoms in total. The molecule has 10 heteroatoms. The molecule has 0 aliphatic carbocycles. The fraction of sp³-hybridized carbons (Fsp3) is 0.333. The van der Waals surface area contributed by atoms with Crippen molar-refractivity contribution >= 4 is 10.0 Å². The lowest BCUT2D eigenvalue weighted by Crippen LogP contribution is -2.44. The molecule has 1 aromatic carbocycles. The molecule has 0 aliphatic heterocycles. The van der Waals surface area contributed by atoms with Gasteiger partial charge in [-0.3, -0.25) is 0 Å². The minimum atomic E-state index is -4.64. The maximum Gasteiger partial charge on any atom is 0.404 e. The number of nitrogens with one attached hydrogen (secondary N) is 1. The molecular formula is C12H13F3N4O2S. The number of hydrogen-bond donors (Lipinski definition) is 1. The van der Waals surface area contributed by atoms with Gasteiger partial charge in [0.25, 0.3) is 0 Å². The van der Waals surface area contributed by atoms with Crippen LogP contribution in [0.3, 0.4) is 0 Å². The zero-order chi connectivity index (χ0) is 16.4. The average molecular weight is 334 g/mol. The minimum absolute atomic E-state index is 0.258. The molecule has 2 rings (SSSR count). The normalized spacial score (nSPS) is 14.0. The van der Waals surface area contributed by atoms with Gasteiger partial charge in [0.1, 0.15) is 6.04 Å². The van der Waals surface area contributed by atoms with Crippen molar-refractivity contribution in [2.24, 2.45) is 0 Å². The largest absolute Gasteiger partial charge is 0.404 e. The molecule has 2 aromatic rings. The van der Waals surface area contributed by atoms with Crippen molar-refractivity contribution in [2.75, 3.05) is 0 Å². The molecule has 22 heavy (non-hydrogen) atoms. The molecule has 1 heterocycles. The first-order valence-electron chi connectivity index (χ1n) is 6.30. The van der Waals surface area contributed by atoms with Gasteiger partial charge in [0, 0.05) is 0 Å². The Bertz CT molecular complexity index is 712. The van der Waals surface area contributed by atoms with Crippen LogP contribution in [0.4, 0.5) is 13.2 Å². The smallest absolute Gasteiger partial charge is 0.207 e. The molecule has 0 radical (unpaired) electrons. The molecule has 0 bridgehead atoms. The third kappa shape index (κ3) is 3.63. The molecule has 0 unspecified atom stereocenters. The van der Waals surface area contributed by atoms with E-state index in [1.807, 2.05) is 0 Å². The zero-order valence-electron chi connectivity index (χ0n) is 11.4. The lowest BCUT2D eigenvalue weighted by molar-refractivity contribution is -0.151. The lowest BCUT2D eigenvalue weighted by Gasteiger charge is -2.20. The van der Waals surface area contributed by atoms with Crippen molar-refractivity contribution in [3.05, 3.63) is 36.7 Å². The second-order valence-electron chi connectivity index (χ2n) is 4.44. The summed E-state index contributed by atoms with van der Waals surface area (Å²) in [6.45, 7) is 1.26. The van der Waals surface area contributed by atoms with E-state index in [-0.39, 0.29) is 4.90 Å². The number of hydrogen-bond acceptors (Lipinski definition) is 4. The van der Waals surface area contributed by atoms with Gasteiger partial charge in [-0.25, -0.2) is 8.42 Å². The maximum absolute atomic E-state index is 12.7. The monoisotopic (exact) mass is 334 g/mol. The summed E-state index contributed by atoms with van der Waals surface area (Å²) in [5.74, 6) is 0. The van der Waals surface area contributed by atoms with Gasteiger partial charge >= 0.3 is 6.18 Å². The number of halogens is 3. The molecule has 0 amide bonds. The first kappa shape index (κ1) is 16.4. The molecule has 120 valence electrons. The molecule has 0 saturated heterocycles. The summed E-state index contributed by atoms with van der Waals surface area (Å²) < 4.78 is 63.7. The number of nitrogens with zero attached hydrogens (tertiary/aromatic N) is 3. The van der Waals surface area contributed by atoms with E-state index in [4.69, 9.17) is 0 Å². The number of alkyl halides is 3. The van der Waals surface area contributed by atoms with Gasteiger partial charge in [-0.2, -0.15) is 32.9 Å². The van der Waals surface area contributed by atoms with Gasteiger partial charge in [-0.15, -0.1) is 0 Å². The Labute approximate surface area is 125 Å². The quantitative estimate of drug-likeness (QED) is 0.906. The Morgan fingerprint density at radius 2 is 1.73 bits per heavy atom. The Hall–Kier alpha value is -1.94. The van der Waals surface area contributed by atoms with Crippen LogP contribution in [0.1, 0.15) is 13.3 Å². The highest BCUT2D eigenvalue weighted by molar-refractivity contribution is 7.89. The predicted octanol–water partition coefficient (Wildman–Crippen LogP) is 1.89. The average Bonchev–Trinajstić information content (AvgIpc) is 2.98. The van der Waals surface area contributed by atoms with E-state index in [1.54, 1.807) is 4.72 Å². The summed E-state index contributed by atoms with van der Waals surface area (Å²) >= 11 is 0. The number of rotatable bonds is 5. The van der Waals surface area contributed by atoms with Crippen LogP contribution in [-0.4, -0.2) is 35.6 Å². The third-order valence-electron chi connectivity index (χ3n) is 2.90. The van der Waals surface area contributed by atoms with Gasteiger partial charge in [0.2, 0.25) is 10.0 Å². The van der Waals surface area contributed by atoms with Crippen molar-refractivity contribution < 1.29 is 21.6 Å². The van der Waals surface area contributed by atoms with E-state index in [9.17, 15) is 21.6 Å². The first-order valence-corrected chi connectivity index (χ1v) is 7.78. The van der Waals surface area contributed by atoms with E-state index in [0.717, 1.165) is 0 Å². The Morgan fingerprint density at radius 3 is 2.18 bits per heavy atom. The van der Waals surface area contributed by atoms with E-state index in [1.165, 1.54) is 48.4 Å². The minimum Gasteiger partial charge on any atom is -0.207 e. The molecule has 0 aliphatic rings.